The first-order chi connectivity index (χ1) is 38.4. The normalized spacial score (nSPS) is 27.2. The molecule has 1 saturated heterocycles. The molecular formula is C59H105N11O13. The Hall–Kier alpha value is -6.17. The molecule has 83 heavy (non-hydrogen) atoms. The Bertz CT molecular complexity index is 2280. The number of hydrogen-bond donors (Lipinski definition) is 6. The number of rotatable bonds is 14. The zero-order chi connectivity index (χ0) is 64.4. The Kier molecular flexibility index (Phi) is 30.6. The van der Waals surface area contributed by atoms with Crippen molar-refractivity contribution in [2.75, 3.05) is 62.5 Å². The maximum absolute atomic E-state index is 15.1. The van der Waals surface area contributed by atoms with E-state index in [9.17, 15) is 53.4 Å². The van der Waals surface area contributed by atoms with E-state index in [1.54, 1.807) is 60.6 Å². The van der Waals surface area contributed by atoms with Crippen LogP contribution in [0.2, 0.25) is 0 Å². The molecule has 1 heterocycles. The smallest absolute Gasteiger partial charge is 0.246 e. The number of likely N-dealkylation sites (N-methyl/N-ethyl adjacent to an activating group) is 7. The van der Waals surface area contributed by atoms with Crippen molar-refractivity contribution in [1.29, 1.82) is 0 Å². The Labute approximate surface area is 494 Å². The number of nitrogens with zero attached hydrogens (tertiary/aromatic N) is 7. The van der Waals surface area contributed by atoms with Crippen LogP contribution in [0.1, 0.15) is 136 Å². The van der Waals surface area contributed by atoms with Crippen molar-refractivity contribution < 1.29 is 63.0 Å². The van der Waals surface area contributed by atoms with Crippen LogP contribution in [0.25, 0.3) is 0 Å². The highest BCUT2D eigenvalue weighted by atomic mass is 16.3. The van der Waals surface area contributed by atoms with Crippen LogP contribution < -0.4 is 21.3 Å². The third kappa shape index (κ3) is 20.5. The summed E-state index contributed by atoms with van der Waals surface area (Å²) in [5, 5.41) is 33.2. The number of aliphatic hydroxyl groups is 2. The van der Waals surface area contributed by atoms with E-state index in [1.807, 2.05) is 41.5 Å². The molecule has 24 heteroatoms. The van der Waals surface area contributed by atoms with Gasteiger partial charge in [0.15, 0.2) is 0 Å². The van der Waals surface area contributed by atoms with Gasteiger partial charge >= 0.3 is 0 Å². The number of aliphatic hydroxyl groups excluding tert-OH is 2. The van der Waals surface area contributed by atoms with Gasteiger partial charge in [-0.25, -0.2) is 0 Å². The predicted octanol–water partition coefficient (Wildman–Crippen LogP) is 1.22. The van der Waals surface area contributed by atoms with E-state index < -0.39 is 162 Å². The molecule has 12 atom stereocenters. The van der Waals surface area contributed by atoms with Crippen molar-refractivity contribution >= 4 is 65.0 Å². The van der Waals surface area contributed by atoms with Gasteiger partial charge in [0, 0.05) is 49.3 Å². The van der Waals surface area contributed by atoms with Crippen LogP contribution >= 0.6 is 0 Å². The molecule has 0 aliphatic carbocycles. The number of amides is 11. The van der Waals surface area contributed by atoms with Crippen LogP contribution in [-0.2, 0) is 52.7 Å². The van der Waals surface area contributed by atoms with Gasteiger partial charge in [0.05, 0.1) is 19.3 Å². The zero-order valence-corrected chi connectivity index (χ0v) is 53.9. The maximum atomic E-state index is 15.1. The van der Waals surface area contributed by atoms with Gasteiger partial charge in [-0.2, -0.15) is 0 Å². The summed E-state index contributed by atoms with van der Waals surface area (Å²) in [5.41, 5.74) is 0. The molecule has 0 bridgehead atoms. The van der Waals surface area contributed by atoms with Crippen LogP contribution in [0.4, 0.5) is 0 Å². The van der Waals surface area contributed by atoms with E-state index in [4.69, 9.17) is 0 Å². The Morgan fingerprint density at radius 2 is 0.940 bits per heavy atom. The van der Waals surface area contributed by atoms with Crippen LogP contribution in [-0.4, -0.2) is 238 Å². The van der Waals surface area contributed by atoms with Crippen molar-refractivity contribution in [2.24, 2.45) is 35.5 Å². The van der Waals surface area contributed by atoms with E-state index in [0.717, 1.165) is 19.6 Å². The largest absolute Gasteiger partial charge is 0.394 e. The average molecular weight is 1180 g/mol. The molecule has 0 aromatic carbocycles. The first kappa shape index (κ1) is 74.8. The van der Waals surface area contributed by atoms with Crippen molar-refractivity contribution in [2.45, 2.75) is 202 Å². The minimum absolute atomic E-state index is 0.0155. The molecule has 24 nitrogen and oxygen atoms in total. The Morgan fingerprint density at radius 3 is 1.40 bits per heavy atom. The number of carbonyl (C=O) groups is 11. The lowest BCUT2D eigenvalue weighted by molar-refractivity contribution is -0.157. The van der Waals surface area contributed by atoms with Gasteiger partial charge in [-0.05, 0) is 88.4 Å². The van der Waals surface area contributed by atoms with Gasteiger partial charge in [-0.1, -0.05) is 95.2 Å². The summed E-state index contributed by atoms with van der Waals surface area (Å²) in [6, 6.07) is -13.1. The molecule has 0 aromatic rings. The SMILES string of the molecule is CC=CC[C@@H](C)[C@@H](O)[C@H]1C(=O)N[C@@H](CC)C(=O)N(C)CC(=O)N(C)[C@@H](CO)C(=O)N[C@@H](C(C)C)C(=O)N(C)[C@@H](CC(C)C)C(=O)N[C@@H](C)C(=O)N[C@H](C)C(=O)N(C)[C@@H](CC(C)C)C(=O)N(C)[C@@H](CC(C)C)C(=O)N(C)[C@@H](C(C)C)C(=O)N1C. The van der Waals surface area contributed by atoms with Gasteiger partial charge < -0.3 is 65.8 Å². The molecule has 1 aliphatic heterocycles. The summed E-state index contributed by atoms with van der Waals surface area (Å²) < 4.78 is 0. The maximum Gasteiger partial charge on any atom is 0.246 e. The van der Waals surface area contributed by atoms with Crippen LogP contribution in [0.3, 0.4) is 0 Å². The molecule has 0 aromatic heterocycles. The summed E-state index contributed by atoms with van der Waals surface area (Å²) in [5.74, 6) is -10.5. The second-order valence-electron chi connectivity index (χ2n) is 24.6. The first-order valence-corrected chi connectivity index (χ1v) is 29.3. The van der Waals surface area contributed by atoms with Crippen molar-refractivity contribution in [1.82, 2.24) is 55.6 Å². The lowest BCUT2D eigenvalue weighted by Gasteiger charge is -2.41. The van der Waals surface area contributed by atoms with Crippen molar-refractivity contribution in [3.05, 3.63) is 12.2 Å². The second-order valence-corrected chi connectivity index (χ2v) is 24.6. The molecule has 0 spiro atoms. The van der Waals surface area contributed by atoms with Crippen molar-refractivity contribution in [3.8, 4) is 0 Å². The van der Waals surface area contributed by atoms with Gasteiger partial charge in [0.1, 0.15) is 60.4 Å². The lowest BCUT2D eigenvalue weighted by Crippen LogP contribution is -2.63. The van der Waals surface area contributed by atoms with Crippen LogP contribution in [0.15, 0.2) is 12.2 Å². The van der Waals surface area contributed by atoms with Gasteiger partial charge in [-0.15, -0.1) is 0 Å². The third-order valence-electron chi connectivity index (χ3n) is 15.6. The van der Waals surface area contributed by atoms with Gasteiger partial charge in [0.2, 0.25) is 65.0 Å². The quantitative estimate of drug-likeness (QED) is 0.134. The van der Waals surface area contributed by atoms with Gasteiger partial charge in [-0.3, -0.25) is 52.7 Å². The number of carbonyl (C=O) groups excluding carboxylic acids is 11. The topological polar surface area (TPSA) is 299 Å². The molecule has 0 radical (unpaired) electrons. The minimum Gasteiger partial charge on any atom is -0.394 e. The molecule has 1 rings (SSSR count). The molecule has 6 N–H and O–H groups in total. The van der Waals surface area contributed by atoms with E-state index in [1.165, 1.54) is 77.9 Å². The third-order valence-corrected chi connectivity index (χ3v) is 15.6. The van der Waals surface area contributed by atoms with E-state index in [-0.39, 0.29) is 43.4 Å². The lowest BCUT2D eigenvalue weighted by atomic mass is 9.91. The average Bonchev–Trinajstić information content (AvgIpc) is 3.59. The fourth-order valence-corrected chi connectivity index (χ4v) is 10.2. The monoisotopic (exact) mass is 1180 g/mol. The molecule has 474 valence electrons. The number of nitrogens with one attached hydrogen (secondary N) is 4. The molecule has 11 amide bonds. The van der Waals surface area contributed by atoms with Gasteiger partial charge in [0.25, 0.3) is 0 Å². The van der Waals surface area contributed by atoms with Crippen LogP contribution in [0, 0.1) is 35.5 Å². The fourth-order valence-electron chi connectivity index (χ4n) is 10.2. The van der Waals surface area contributed by atoms with Crippen molar-refractivity contribution in [3.63, 3.8) is 0 Å². The first-order valence-electron chi connectivity index (χ1n) is 29.3. The van der Waals surface area contributed by atoms with E-state index in [2.05, 4.69) is 21.3 Å². The number of allylic oxidation sites excluding steroid dienone is 2. The molecule has 0 unspecified atom stereocenters. The summed E-state index contributed by atoms with van der Waals surface area (Å²) in [6.07, 6.45) is 2.72. The van der Waals surface area contributed by atoms with Crippen LogP contribution in [0.5, 0.6) is 0 Å². The molecule has 1 aliphatic rings. The number of hydrogen-bond acceptors (Lipinski definition) is 13. The summed E-state index contributed by atoms with van der Waals surface area (Å²) >= 11 is 0. The minimum atomic E-state index is -1.63. The zero-order valence-electron chi connectivity index (χ0n) is 53.9. The summed E-state index contributed by atoms with van der Waals surface area (Å²) in [7, 11) is 9.53. The molecular weight excluding hydrogens is 1070 g/mol. The highest BCUT2D eigenvalue weighted by Crippen LogP contribution is 2.25. The second kappa shape index (κ2) is 34.0. The predicted molar refractivity (Wildman–Crippen MR) is 316 cm³/mol. The summed E-state index contributed by atoms with van der Waals surface area (Å²) in [4.78, 5) is 166. The fraction of sp³-hybridized carbons (Fsp3) is 0.780. The van der Waals surface area contributed by atoms with E-state index >= 15 is 9.59 Å². The van der Waals surface area contributed by atoms with E-state index in [0.29, 0.717) is 6.42 Å². The summed E-state index contributed by atoms with van der Waals surface area (Å²) in [6.45, 7) is 24.2. The Balaban J connectivity index is 4.26. The highest BCUT2D eigenvalue weighted by molar-refractivity contribution is 5.99. The highest BCUT2D eigenvalue weighted by Gasteiger charge is 2.45. The Morgan fingerprint density at radius 1 is 0.494 bits per heavy atom. The standard InChI is InChI=1S/C59H105N11O13/c1-23-25-26-37(13)49(73)48-53(77)62-40(24-2)55(79)64(16)30-45(72)65(17)44(31-71)52(76)63-46(35(9)10)58(82)66(18)41(27-32(3)4)51(75)60-38(14)50(74)61-39(15)54(78)67(19)42(28-33(5)6)56(80)68(20)43(29-34(7)8)57(81)69(21)47(36(11)12)59(83)70(48)22/h23,25,32-44,46-49,71,73H,24,26-31H2,1-22H3,(H,60,75)(H,61,74)(H,62,77)(H,63,76)/t37-,38+,39-,40+,41+,42+,43+,44+,46+,47+,48+,49-/m1/s1. The molecule has 0 saturated carbocycles. The molecule has 1 fully saturated rings.